The third-order valence-electron chi connectivity index (χ3n) is 6.67. The van der Waals surface area contributed by atoms with Gasteiger partial charge in [0.2, 0.25) is 5.78 Å². The lowest BCUT2D eigenvalue weighted by Crippen LogP contribution is -2.00. The number of carbonyl (C=O) groups excluding carboxylic acids is 1. The standard InChI is InChI=1S/C30H29NO4/c1-6-31-16-21(25-15-23(33-5)9-11-26(25)31)14-28-29(32)24-10-12-27(20(4)30(24)35-28)34-17-22-13-18(2)7-8-19(22)3/h7-16H,6,17H2,1-5H3/b28-14+. The van der Waals surface area contributed by atoms with Crippen LogP contribution in [-0.2, 0) is 13.2 Å². The Hall–Kier alpha value is -3.99. The molecule has 35 heavy (non-hydrogen) atoms. The summed E-state index contributed by atoms with van der Waals surface area (Å²) in [4.78, 5) is 13.2. The molecule has 0 saturated heterocycles. The maximum Gasteiger partial charge on any atom is 0.231 e. The van der Waals surface area contributed by atoms with E-state index in [0.29, 0.717) is 29.4 Å². The van der Waals surface area contributed by atoms with E-state index < -0.39 is 0 Å². The van der Waals surface area contributed by atoms with Crippen molar-refractivity contribution in [2.24, 2.45) is 0 Å². The highest BCUT2D eigenvalue weighted by molar-refractivity contribution is 6.15. The fourth-order valence-corrected chi connectivity index (χ4v) is 4.58. The average molecular weight is 468 g/mol. The Kier molecular flexibility index (Phi) is 5.85. The van der Waals surface area contributed by atoms with Crippen molar-refractivity contribution in [3.05, 3.63) is 93.9 Å². The highest BCUT2D eigenvalue weighted by Gasteiger charge is 2.30. The van der Waals surface area contributed by atoms with Gasteiger partial charge in [0.1, 0.15) is 23.9 Å². The summed E-state index contributed by atoms with van der Waals surface area (Å²) in [6.45, 7) is 9.46. The highest BCUT2D eigenvalue weighted by Crippen LogP contribution is 2.40. The van der Waals surface area contributed by atoms with Gasteiger partial charge >= 0.3 is 0 Å². The van der Waals surface area contributed by atoms with E-state index in [1.54, 1.807) is 13.2 Å². The first-order valence-corrected chi connectivity index (χ1v) is 11.8. The summed E-state index contributed by atoms with van der Waals surface area (Å²) in [7, 11) is 1.65. The van der Waals surface area contributed by atoms with Crippen molar-refractivity contribution in [2.75, 3.05) is 7.11 Å². The number of benzene rings is 3. The minimum absolute atomic E-state index is 0.121. The predicted octanol–water partition coefficient (Wildman–Crippen LogP) is 6.79. The average Bonchev–Trinajstić information content (AvgIpc) is 3.38. The van der Waals surface area contributed by atoms with Crippen LogP contribution in [0.1, 0.15) is 45.1 Å². The van der Waals surface area contributed by atoms with Crippen LogP contribution in [0.4, 0.5) is 0 Å². The van der Waals surface area contributed by atoms with E-state index >= 15 is 0 Å². The second-order valence-corrected chi connectivity index (χ2v) is 8.98. The molecule has 0 radical (unpaired) electrons. The number of hydrogen-bond acceptors (Lipinski definition) is 4. The van der Waals surface area contributed by atoms with Crippen molar-refractivity contribution in [3.63, 3.8) is 0 Å². The number of aromatic nitrogens is 1. The van der Waals surface area contributed by atoms with Crippen LogP contribution in [0.5, 0.6) is 17.2 Å². The smallest absolute Gasteiger partial charge is 0.231 e. The Morgan fingerprint density at radius 1 is 1.03 bits per heavy atom. The van der Waals surface area contributed by atoms with E-state index in [2.05, 4.69) is 43.5 Å². The van der Waals surface area contributed by atoms with Gasteiger partial charge in [-0.2, -0.15) is 0 Å². The van der Waals surface area contributed by atoms with E-state index in [1.807, 2.05) is 43.5 Å². The van der Waals surface area contributed by atoms with Crippen LogP contribution < -0.4 is 14.2 Å². The first kappa shape index (κ1) is 22.8. The number of methoxy groups -OCH3 is 1. The van der Waals surface area contributed by atoms with Crippen molar-refractivity contribution in [1.29, 1.82) is 0 Å². The van der Waals surface area contributed by atoms with Gasteiger partial charge in [0.15, 0.2) is 5.76 Å². The molecule has 0 spiro atoms. The molecule has 2 heterocycles. The van der Waals surface area contributed by atoms with Crippen LogP contribution in [0.2, 0.25) is 0 Å². The molecule has 5 rings (SSSR count). The molecule has 0 saturated carbocycles. The van der Waals surface area contributed by atoms with E-state index in [0.717, 1.165) is 39.9 Å². The van der Waals surface area contributed by atoms with Gasteiger partial charge in [-0.05, 0) is 75.2 Å². The van der Waals surface area contributed by atoms with Gasteiger partial charge in [-0.15, -0.1) is 0 Å². The maximum atomic E-state index is 13.2. The molecule has 1 aliphatic heterocycles. The lowest BCUT2D eigenvalue weighted by Gasteiger charge is -2.13. The van der Waals surface area contributed by atoms with Gasteiger partial charge in [-0.3, -0.25) is 4.79 Å². The number of ketones is 1. The normalized spacial score (nSPS) is 13.9. The Bertz CT molecular complexity index is 1490. The number of carbonyl (C=O) groups is 1. The third kappa shape index (κ3) is 4.08. The zero-order valence-corrected chi connectivity index (χ0v) is 20.8. The second-order valence-electron chi connectivity index (χ2n) is 8.98. The number of hydrogen-bond donors (Lipinski definition) is 0. The molecule has 0 bridgehead atoms. The monoisotopic (exact) mass is 467 g/mol. The molecule has 0 aliphatic carbocycles. The summed E-state index contributed by atoms with van der Waals surface area (Å²) in [5.41, 5.74) is 6.92. The molecular formula is C30H29NO4. The molecule has 178 valence electrons. The molecule has 3 aromatic carbocycles. The topological polar surface area (TPSA) is 49.7 Å². The Morgan fingerprint density at radius 3 is 2.63 bits per heavy atom. The number of fused-ring (bicyclic) bond motifs is 2. The maximum absolute atomic E-state index is 13.2. The molecular weight excluding hydrogens is 438 g/mol. The number of ether oxygens (including phenoxy) is 3. The molecule has 0 N–H and O–H groups in total. The van der Waals surface area contributed by atoms with Crippen LogP contribution in [0, 0.1) is 20.8 Å². The van der Waals surface area contributed by atoms with E-state index in [1.165, 1.54) is 11.1 Å². The van der Waals surface area contributed by atoms with Crippen molar-refractivity contribution in [2.45, 2.75) is 40.8 Å². The van der Waals surface area contributed by atoms with Gasteiger partial charge in [0.05, 0.1) is 12.7 Å². The lowest BCUT2D eigenvalue weighted by molar-refractivity contribution is 0.101. The van der Waals surface area contributed by atoms with Crippen molar-refractivity contribution in [3.8, 4) is 17.2 Å². The van der Waals surface area contributed by atoms with Gasteiger partial charge in [0.25, 0.3) is 0 Å². The minimum atomic E-state index is -0.121. The van der Waals surface area contributed by atoms with Crippen LogP contribution in [0.15, 0.2) is 60.5 Å². The second kappa shape index (κ2) is 8.99. The Morgan fingerprint density at radius 2 is 1.86 bits per heavy atom. The fraction of sp³-hybridized carbons (Fsp3) is 0.233. The summed E-state index contributed by atoms with van der Waals surface area (Å²) < 4.78 is 19.8. The van der Waals surface area contributed by atoms with E-state index in [4.69, 9.17) is 14.2 Å². The molecule has 1 aliphatic rings. The largest absolute Gasteiger partial charge is 0.497 e. The first-order chi connectivity index (χ1) is 16.9. The van der Waals surface area contributed by atoms with Crippen molar-refractivity contribution in [1.82, 2.24) is 4.57 Å². The number of aryl methyl sites for hydroxylation is 3. The molecule has 0 fully saturated rings. The first-order valence-electron chi connectivity index (χ1n) is 11.8. The van der Waals surface area contributed by atoms with Crippen molar-refractivity contribution >= 4 is 22.8 Å². The summed E-state index contributed by atoms with van der Waals surface area (Å²) >= 11 is 0. The minimum Gasteiger partial charge on any atom is -0.497 e. The Balaban J connectivity index is 1.46. The third-order valence-corrected chi connectivity index (χ3v) is 6.67. The molecule has 4 aromatic rings. The summed E-state index contributed by atoms with van der Waals surface area (Å²) in [6.07, 6.45) is 3.87. The quantitative estimate of drug-likeness (QED) is 0.293. The summed E-state index contributed by atoms with van der Waals surface area (Å²) in [6, 6.07) is 16.0. The molecule has 0 atom stereocenters. The van der Waals surface area contributed by atoms with Gasteiger partial charge in [-0.1, -0.05) is 23.8 Å². The zero-order valence-electron chi connectivity index (χ0n) is 20.8. The zero-order chi connectivity index (χ0) is 24.7. The highest BCUT2D eigenvalue weighted by atomic mass is 16.5. The molecule has 0 amide bonds. The molecule has 1 aromatic heterocycles. The number of rotatable bonds is 6. The van der Waals surface area contributed by atoms with E-state index in [-0.39, 0.29) is 5.78 Å². The number of nitrogens with zero attached hydrogens (tertiary/aromatic N) is 1. The number of allylic oxidation sites excluding steroid dienone is 1. The van der Waals surface area contributed by atoms with Gasteiger partial charge in [0, 0.05) is 34.8 Å². The lowest BCUT2D eigenvalue weighted by atomic mass is 10.0. The molecule has 0 unspecified atom stereocenters. The summed E-state index contributed by atoms with van der Waals surface area (Å²) in [5.74, 6) is 2.24. The van der Waals surface area contributed by atoms with Crippen LogP contribution in [0.25, 0.3) is 17.0 Å². The molecule has 5 nitrogen and oxygen atoms in total. The van der Waals surface area contributed by atoms with Crippen LogP contribution in [-0.4, -0.2) is 17.5 Å². The van der Waals surface area contributed by atoms with Crippen LogP contribution in [0.3, 0.4) is 0 Å². The summed E-state index contributed by atoms with van der Waals surface area (Å²) in [5, 5.41) is 1.01. The van der Waals surface area contributed by atoms with Crippen LogP contribution >= 0.6 is 0 Å². The fourth-order valence-electron chi connectivity index (χ4n) is 4.58. The Labute approximate surface area is 205 Å². The van der Waals surface area contributed by atoms with Gasteiger partial charge in [-0.25, -0.2) is 0 Å². The van der Waals surface area contributed by atoms with Gasteiger partial charge < -0.3 is 18.8 Å². The number of Topliss-reactive ketones (excluding diaryl/α,β-unsaturated/α-hetero) is 1. The molecule has 5 heteroatoms. The van der Waals surface area contributed by atoms with Crippen molar-refractivity contribution < 1.29 is 19.0 Å². The SMILES string of the molecule is CCn1cc(/C=C2/Oc3c(ccc(OCc4cc(C)ccc4C)c3C)C2=O)c2cc(OC)ccc21. The van der Waals surface area contributed by atoms with E-state index in [9.17, 15) is 4.79 Å². The predicted molar refractivity (Wildman–Crippen MR) is 139 cm³/mol.